The van der Waals surface area contributed by atoms with Crippen LogP contribution in [0.4, 0.5) is 0 Å². The molecule has 0 aromatic heterocycles. The van der Waals surface area contributed by atoms with Gasteiger partial charge in [0.2, 0.25) is 0 Å². The molecule has 0 saturated heterocycles. The van der Waals surface area contributed by atoms with E-state index in [-0.39, 0.29) is 5.57 Å². The maximum absolute atomic E-state index is 12.5. The van der Waals surface area contributed by atoms with E-state index in [1.807, 2.05) is 60.7 Å². The van der Waals surface area contributed by atoms with Crippen molar-refractivity contribution in [3.63, 3.8) is 0 Å². The molecule has 3 aromatic carbocycles. The zero-order chi connectivity index (χ0) is 23.6. The molecule has 3 aromatic rings. The number of nitriles is 1. The highest BCUT2D eigenvalue weighted by atomic mass is 79.9. The number of ether oxygens (including phenoxy) is 2. The van der Waals surface area contributed by atoms with Crippen molar-refractivity contribution in [1.29, 1.82) is 5.26 Å². The summed E-state index contributed by atoms with van der Waals surface area (Å²) >= 11 is 6.93. The number of carbonyl (C=O) groups excluding carboxylic acids is 1. The van der Waals surface area contributed by atoms with Gasteiger partial charge < -0.3 is 14.8 Å². The Morgan fingerprint density at radius 2 is 1.79 bits per heavy atom. The minimum absolute atomic E-state index is 0.0144. The van der Waals surface area contributed by atoms with Gasteiger partial charge in [-0.2, -0.15) is 5.26 Å². The summed E-state index contributed by atoms with van der Waals surface area (Å²) in [6, 6.07) is 23.2. The van der Waals surface area contributed by atoms with Crippen LogP contribution in [0.2, 0.25) is 0 Å². The maximum Gasteiger partial charge on any atom is 0.261 e. The molecule has 0 spiro atoms. The molecule has 3 rings (SSSR count). The molecule has 0 fully saturated rings. The molecule has 33 heavy (non-hydrogen) atoms. The van der Waals surface area contributed by atoms with Crippen molar-refractivity contribution in [2.24, 2.45) is 0 Å². The van der Waals surface area contributed by atoms with Crippen LogP contribution in [0.3, 0.4) is 0 Å². The van der Waals surface area contributed by atoms with Gasteiger partial charge in [0.05, 0.1) is 11.6 Å². The molecule has 0 radical (unpaired) electrons. The van der Waals surface area contributed by atoms with Crippen LogP contribution < -0.4 is 14.8 Å². The molecule has 0 heterocycles. The van der Waals surface area contributed by atoms with Crippen LogP contribution in [0.15, 0.2) is 81.2 Å². The Morgan fingerprint density at radius 3 is 2.45 bits per heavy atom. The van der Waals surface area contributed by atoms with Crippen LogP contribution >= 0.6 is 31.9 Å². The predicted octanol–water partition coefficient (Wildman–Crippen LogP) is 6.07. The summed E-state index contributed by atoms with van der Waals surface area (Å²) in [7, 11) is 1.54. The first-order valence-corrected chi connectivity index (χ1v) is 11.8. The van der Waals surface area contributed by atoms with Crippen molar-refractivity contribution in [2.45, 2.75) is 13.0 Å². The number of hydrogen-bond donors (Lipinski definition) is 1. The standard InChI is InChI=1S/C26H22Br2N2O3/c1-32-24-15-20(14-23(28)25(24)33-17-19-7-9-22(27)10-8-19)13-21(16-29)26(31)30-12-11-18-5-3-2-4-6-18/h2-10,13-15H,11-12,17H2,1H3,(H,30,31)/b21-13+. The highest BCUT2D eigenvalue weighted by molar-refractivity contribution is 9.10. The molecule has 0 aliphatic heterocycles. The number of amides is 1. The number of halogens is 2. The van der Waals surface area contributed by atoms with E-state index in [1.165, 1.54) is 6.08 Å². The van der Waals surface area contributed by atoms with Crippen molar-refractivity contribution in [1.82, 2.24) is 5.32 Å². The molecular formula is C26H22Br2N2O3. The zero-order valence-electron chi connectivity index (χ0n) is 18.0. The fourth-order valence-electron chi connectivity index (χ4n) is 3.07. The molecule has 168 valence electrons. The van der Waals surface area contributed by atoms with Crippen LogP contribution in [0.1, 0.15) is 16.7 Å². The first-order valence-electron chi connectivity index (χ1n) is 10.2. The van der Waals surface area contributed by atoms with Gasteiger partial charge in [-0.15, -0.1) is 0 Å². The van der Waals surface area contributed by atoms with Crippen LogP contribution in [0.5, 0.6) is 11.5 Å². The molecule has 0 aliphatic carbocycles. The average Bonchev–Trinajstić information content (AvgIpc) is 2.83. The number of benzene rings is 3. The van der Waals surface area contributed by atoms with E-state index >= 15 is 0 Å². The molecule has 1 amide bonds. The van der Waals surface area contributed by atoms with Crippen molar-refractivity contribution in [3.8, 4) is 17.6 Å². The first kappa shape index (κ1) is 24.6. The first-order chi connectivity index (χ1) is 16.0. The quantitative estimate of drug-likeness (QED) is 0.251. The van der Waals surface area contributed by atoms with E-state index < -0.39 is 5.91 Å². The number of methoxy groups -OCH3 is 1. The van der Waals surface area contributed by atoms with E-state index in [0.29, 0.717) is 41.1 Å². The lowest BCUT2D eigenvalue weighted by Crippen LogP contribution is -2.26. The van der Waals surface area contributed by atoms with E-state index in [4.69, 9.17) is 9.47 Å². The maximum atomic E-state index is 12.5. The average molecular weight is 570 g/mol. The number of hydrogen-bond acceptors (Lipinski definition) is 4. The van der Waals surface area contributed by atoms with Gasteiger partial charge >= 0.3 is 0 Å². The molecule has 0 bridgehead atoms. The Bertz CT molecular complexity index is 1170. The van der Waals surface area contributed by atoms with Crippen molar-refractivity contribution in [2.75, 3.05) is 13.7 Å². The fraction of sp³-hybridized carbons (Fsp3) is 0.154. The molecular weight excluding hydrogens is 548 g/mol. The van der Waals surface area contributed by atoms with E-state index in [2.05, 4.69) is 37.2 Å². The fourth-order valence-corrected chi connectivity index (χ4v) is 3.91. The van der Waals surface area contributed by atoms with Gasteiger partial charge in [-0.25, -0.2) is 0 Å². The lowest BCUT2D eigenvalue weighted by molar-refractivity contribution is -0.117. The molecule has 1 N–H and O–H groups in total. The second-order valence-corrected chi connectivity index (χ2v) is 8.88. The van der Waals surface area contributed by atoms with E-state index in [9.17, 15) is 10.1 Å². The second-order valence-electron chi connectivity index (χ2n) is 7.11. The minimum atomic E-state index is -0.418. The summed E-state index contributed by atoms with van der Waals surface area (Å²) in [6.45, 7) is 0.808. The summed E-state index contributed by atoms with van der Waals surface area (Å²) in [6.07, 6.45) is 2.22. The molecule has 0 unspecified atom stereocenters. The second kappa shape index (κ2) is 12.2. The molecule has 5 nitrogen and oxygen atoms in total. The highest BCUT2D eigenvalue weighted by Crippen LogP contribution is 2.37. The molecule has 0 aliphatic rings. The number of rotatable bonds is 9. The summed E-state index contributed by atoms with van der Waals surface area (Å²) in [5.41, 5.74) is 2.78. The highest BCUT2D eigenvalue weighted by Gasteiger charge is 2.14. The van der Waals surface area contributed by atoms with Crippen LogP contribution in [0, 0.1) is 11.3 Å². The minimum Gasteiger partial charge on any atom is -0.493 e. The molecule has 0 saturated carbocycles. The van der Waals surface area contributed by atoms with Gasteiger partial charge in [-0.1, -0.05) is 58.4 Å². The third-order valence-electron chi connectivity index (χ3n) is 4.77. The third-order valence-corrected chi connectivity index (χ3v) is 5.88. The summed E-state index contributed by atoms with van der Waals surface area (Å²) < 4.78 is 13.1. The monoisotopic (exact) mass is 568 g/mol. The Kier molecular flexibility index (Phi) is 9.11. The normalized spacial score (nSPS) is 10.9. The lowest BCUT2D eigenvalue weighted by Gasteiger charge is -2.14. The Labute approximate surface area is 210 Å². The molecule has 0 atom stereocenters. The SMILES string of the molecule is COc1cc(/C=C(\C#N)C(=O)NCCc2ccccc2)cc(Br)c1OCc1ccc(Br)cc1. The third kappa shape index (κ3) is 7.21. The summed E-state index contributed by atoms with van der Waals surface area (Å²) in [5.74, 6) is 0.622. The van der Waals surface area contributed by atoms with Gasteiger partial charge in [0, 0.05) is 11.0 Å². The Balaban J connectivity index is 1.70. The van der Waals surface area contributed by atoms with E-state index in [1.54, 1.807) is 19.2 Å². The summed E-state index contributed by atoms with van der Waals surface area (Å²) in [5, 5.41) is 12.3. The van der Waals surface area contributed by atoms with Gasteiger partial charge in [0.1, 0.15) is 18.2 Å². The van der Waals surface area contributed by atoms with Crippen LogP contribution in [-0.2, 0) is 17.8 Å². The topological polar surface area (TPSA) is 71.3 Å². The number of nitrogens with zero attached hydrogens (tertiary/aromatic N) is 1. The number of nitrogens with one attached hydrogen (secondary N) is 1. The van der Waals surface area contributed by atoms with Gasteiger partial charge in [0.25, 0.3) is 5.91 Å². The zero-order valence-corrected chi connectivity index (χ0v) is 21.1. The van der Waals surface area contributed by atoms with Gasteiger partial charge in [-0.05, 0) is 69.4 Å². The van der Waals surface area contributed by atoms with Crippen LogP contribution in [0.25, 0.3) is 6.08 Å². The Morgan fingerprint density at radius 1 is 1.06 bits per heavy atom. The largest absolute Gasteiger partial charge is 0.493 e. The van der Waals surface area contributed by atoms with Crippen molar-refractivity contribution < 1.29 is 14.3 Å². The Hall–Kier alpha value is -3.08. The van der Waals surface area contributed by atoms with E-state index in [0.717, 1.165) is 15.6 Å². The van der Waals surface area contributed by atoms with Crippen molar-refractivity contribution >= 4 is 43.8 Å². The molecule has 7 heteroatoms. The summed E-state index contributed by atoms with van der Waals surface area (Å²) in [4.78, 5) is 12.5. The van der Waals surface area contributed by atoms with Crippen molar-refractivity contribution in [3.05, 3.63) is 97.9 Å². The predicted molar refractivity (Wildman–Crippen MR) is 136 cm³/mol. The smallest absolute Gasteiger partial charge is 0.261 e. The lowest BCUT2D eigenvalue weighted by atomic mass is 10.1. The van der Waals surface area contributed by atoms with Gasteiger partial charge in [-0.3, -0.25) is 4.79 Å². The van der Waals surface area contributed by atoms with Gasteiger partial charge in [0.15, 0.2) is 11.5 Å². The van der Waals surface area contributed by atoms with Crippen LogP contribution in [-0.4, -0.2) is 19.6 Å². The number of carbonyl (C=O) groups is 1.